The highest BCUT2D eigenvalue weighted by Crippen LogP contribution is 2.49. The molecule has 1 saturated heterocycles. The van der Waals surface area contributed by atoms with Crippen LogP contribution in [0.2, 0.25) is 0 Å². The van der Waals surface area contributed by atoms with Gasteiger partial charge in [0, 0.05) is 31.2 Å². The van der Waals surface area contributed by atoms with E-state index in [9.17, 15) is 4.79 Å². The molecule has 0 radical (unpaired) electrons. The number of nitrogens with one attached hydrogen (secondary N) is 1. The number of carbonyl (C=O) groups is 1. The molecular formula is C13H17N3O2. The lowest BCUT2D eigenvalue weighted by atomic mass is 9.63. The predicted molar refractivity (Wildman–Crippen MR) is 67.6 cm³/mol. The van der Waals surface area contributed by atoms with Crippen molar-refractivity contribution < 1.29 is 9.90 Å². The van der Waals surface area contributed by atoms with E-state index in [1.165, 1.54) is 19.3 Å². The second kappa shape index (κ2) is 4.15. The van der Waals surface area contributed by atoms with Gasteiger partial charge < -0.3 is 15.3 Å². The largest absolute Gasteiger partial charge is 0.465 e. The Balaban J connectivity index is 1.62. The average Bonchev–Trinajstić information content (AvgIpc) is 2.23. The summed E-state index contributed by atoms with van der Waals surface area (Å²) < 4.78 is 0. The van der Waals surface area contributed by atoms with Gasteiger partial charge in [0.1, 0.15) is 5.82 Å². The summed E-state index contributed by atoms with van der Waals surface area (Å²) in [6.07, 6.45) is 4.82. The molecular weight excluding hydrogens is 230 g/mol. The molecule has 2 fully saturated rings. The maximum Gasteiger partial charge on any atom is 0.404 e. The predicted octanol–water partition coefficient (Wildman–Crippen LogP) is 1.84. The molecule has 3 rings (SSSR count). The molecule has 18 heavy (non-hydrogen) atoms. The zero-order valence-corrected chi connectivity index (χ0v) is 10.2. The van der Waals surface area contributed by atoms with Crippen LogP contribution in [0.3, 0.4) is 0 Å². The van der Waals surface area contributed by atoms with E-state index in [2.05, 4.69) is 15.2 Å². The highest BCUT2D eigenvalue weighted by Gasteiger charge is 2.47. The van der Waals surface area contributed by atoms with E-state index in [1.807, 2.05) is 12.1 Å². The van der Waals surface area contributed by atoms with Crippen LogP contribution in [-0.2, 0) is 6.54 Å². The lowest BCUT2D eigenvalue weighted by Crippen LogP contribution is -2.60. The Morgan fingerprint density at radius 3 is 2.89 bits per heavy atom. The fourth-order valence-corrected chi connectivity index (χ4v) is 2.84. The van der Waals surface area contributed by atoms with Gasteiger partial charge in [0.25, 0.3) is 0 Å². The van der Waals surface area contributed by atoms with Gasteiger partial charge in [-0.2, -0.15) is 0 Å². The third kappa shape index (κ3) is 2.00. The molecule has 1 aromatic heterocycles. The summed E-state index contributed by atoms with van der Waals surface area (Å²) in [6, 6.07) is 3.82. The summed E-state index contributed by atoms with van der Waals surface area (Å²) in [5.74, 6) is 0.970. The maximum absolute atomic E-state index is 10.5. The topological polar surface area (TPSA) is 65.5 Å². The molecule has 1 aromatic rings. The molecule has 1 spiro atoms. The van der Waals surface area contributed by atoms with Crippen LogP contribution >= 0.6 is 0 Å². The number of hydrogen-bond donors (Lipinski definition) is 2. The average molecular weight is 247 g/mol. The first-order valence-electron chi connectivity index (χ1n) is 6.34. The Kier molecular flexibility index (Phi) is 2.61. The fourth-order valence-electron chi connectivity index (χ4n) is 2.84. The fraction of sp³-hybridized carbons (Fsp3) is 0.538. The summed E-state index contributed by atoms with van der Waals surface area (Å²) in [4.78, 5) is 17.1. The number of hydrogen-bond acceptors (Lipinski definition) is 3. The van der Waals surface area contributed by atoms with Crippen LogP contribution in [0.1, 0.15) is 24.8 Å². The first kappa shape index (κ1) is 11.3. The first-order chi connectivity index (χ1) is 8.67. The minimum Gasteiger partial charge on any atom is -0.465 e. The minimum atomic E-state index is -0.995. The Morgan fingerprint density at radius 2 is 2.28 bits per heavy atom. The second-order valence-corrected chi connectivity index (χ2v) is 5.39. The standard InChI is InChI=1S/C13H17N3O2/c17-12(18)15-7-10-2-5-14-11(6-10)16-8-13(9-16)3-1-4-13/h2,5-6,15H,1,3-4,7-9H2,(H,17,18). The van der Waals surface area contributed by atoms with Crippen molar-refractivity contribution in [3.05, 3.63) is 23.9 Å². The molecule has 96 valence electrons. The zero-order valence-electron chi connectivity index (χ0n) is 10.2. The van der Waals surface area contributed by atoms with Gasteiger partial charge in [0.15, 0.2) is 0 Å². The van der Waals surface area contributed by atoms with E-state index in [0.717, 1.165) is 24.5 Å². The van der Waals surface area contributed by atoms with Crippen molar-refractivity contribution in [2.75, 3.05) is 18.0 Å². The Labute approximate surface area is 106 Å². The van der Waals surface area contributed by atoms with E-state index in [0.29, 0.717) is 12.0 Å². The van der Waals surface area contributed by atoms with E-state index in [4.69, 9.17) is 5.11 Å². The van der Waals surface area contributed by atoms with Crippen molar-refractivity contribution in [2.45, 2.75) is 25.8 Å². The highest BCUT2D eigenvalue weighted by atomic mass is 16.4. The van der Waals surface area contributed by atoms with Crippen LogP contribution < -0.4 is 10.2 Å². The molecule has 0 atom stereocenters. The molecule has 5 heteroatoms. The van der Waals surface area contributed by atoms with Crippen molar-refractivity contribution in [1.82, 2.24) is 10.3 Å². The van der Waals surface area contributed by atoms with Gasteiger partial charge in [-0.1, -0.05) is 6.42 Å². The lowest BCUT2D eigenvalue weighted by molar-refractivity contribution is 0.0896. The highest BCUT2D eigenvalue weighted by molar-refractivity contribution is 5.64. The molecule has 2 heterocycles. The number of carboxylic acid groups (broad SMARTS) is 1. The van der Waals surface area contributed by atoms with Gasteiger partial charge in [0.05, 0.1) is 0 Å². The Morgan fingerprint density at radius 1 is 1.50 bits per heavy atom. The van der Waals surface area contributed by atoms with Crippen molar-refractivity contribution in [2.24, 2.45) is 5.41 Å². The van der Waals surface area contributed by atoms with Crippen LogP contribution in [0.5, 0.6) is 0 Å². The molecule has 1 saturated carbocycles. The number of amides is 1. The summed E-state index contributed by atoms with van der Waals surface area (Å²) in [5, 5.41) is 11.0. The van der Waals surface area contributed by atoms with E-state index in [-0.39, 0.29) is 0 Å². The second-order valence-electron chi connectivity index (χ2n) is 5.39. The molecule has 1 aliphatic heterocycles. The summed E-state index contributed by atoms with van der Waals surface area (Å²) in [6.45, 7) is 2.55. The van der Waals surface area contributed by atoms with Crippen LogP contribution in [0.15, 0.2) is 18.3 Å². The third-order valence-corrected chi connectivity index (χ3v) is 4.04. The Hall–Kier alpha value is -1.78. The van der Waals surface area contributed by atoms with E-state index < -0.39 is 6.09 Å². The van der Waals surface area contributed by atoms with Crippen molar-refractivity contribution in [3.63, 3.8) is 0 Å². The molecule has 0 bridgehead atoms. The SMILES string of the molecule is O=C(O)NCc1ccnc(N2CC3(CCC3)C2)c1. The Bertz CT molecular complexity index is 463. The third-order valence-electron chi connectivity index (χ3n) is 4.04. The van der Waals surface area contributed by atoms with Gasteiger partial charge in [-0.15, -0.1) is 0 Å². The van der Waals surface area contributed by atoms with Gasteiger partial charge >= 0.3 is 6.09 Å². The monoisotopic (exact) mass is 247 g/mol. The van der Waals surface area contributed by atoms with E-state index >= 15 is 0 Å². The van der Waals surface area contributed by atoms with Crippen molar-refractivity contribution in [3.8, 4) is 0 Å². The number of anilines is 1. The number of nitrogens with zero attached hydrogens (tertiary/aromatic N) is 2. The molecule has 0 unspecified atom stereocenters. The van der Waals surface area contributed by atoms with Gasteiger partial charge in [-0.25, -0.2) is 9.78 Å². The van der Waals surface area contributed by atoms with Crippen LogP contribution in [0.25, 0.3) is 0 Å². The smallest absolute Gasteiger partial charge is 0.404 e. The lowest BCUT2D eigenvalue weighted by Gasteiger charge is -2.56. The normalized spacial score (nSPS) is 20.1. The molecule has 1 aliphatic carbocycles. The van der Waals surface area contributed by atoms with Crippen LogP contribution in [0, 0.1) is 5.41 Å². The quantitative estimate of drug-likeness (QED) is 0.855. The molecule has 1 amide bonds. The molecule has 5 nitrogen and oxygen atoms in total. The number of aromatic nitrogens is 1. The number of pyridine rings is 1. The number of rotatable bonds is 3. The summed E-state index contributed by atoms with van der Waals surface area (Å²) in [5.41, 5.74) is 1.54. The van der Waals surface area contributed by atoms with Gasteiger partial charge in [-0.05, 0) is 30.5 Å². The minimum absolute atomic E-state index is 0.337. The first-order valence-corrected chi connectivity index (χ1v) is 6.34. The van der Waals surface area contributed by atoms with Crippen molar-refractivity contribution >= 4 is 11.9 Å². The maximum atomic E-state index is 10.5. The summed E-state index contributed by atoms with van der Waals surface area (Å²) >= 11 is 0. The van der Waals surface area contributed by atoms with Gasteiger partial charge in [-0.3, -0.25) is 0 Å². The zero-order chi connectivity index (χ0) is 12.6. The van der Waals surface area contributed by atoms with Crippen molar-refractivity contribution in [1.29, 1.82) is 0 Å². The van der Waals surface area contributed by atoms with E-state index in [1.54, 1.807) is 6.20 Å². The molecule has 2 aliphatic rings. The summed E-state index contributed by atoms with van der Waals surface area (Å²) in [7, 11) is 0. The van der Waals surface area contributed by atoms with Crippen LogP contribution in [-0.4, -0.2) is 29.3 Å². The van der Waals surface area contributed by atoms with Crippen LogP contribution in [0.4, 0.5) is 10.6 Å². The molecule has 0 aromatic carbocycles. The molecule has 2 N–H and O–H groups in total. The van der Waals surface area contributed by atoms with Gasteiger partial charge in [0.2, 0.25) is 0 Å².